The predicted octanol–water partition coefficient (Wildman–Crippen LogP) is 11.7. The molecule has 4 aliphatic carbocycles. The summed E-state index contributed by atoms with van der Waals surface area (Å²) in [7, 11) is 0. The zero-order valence-electron chi connectivity index (χ0n) is 33.1. The number of furan rings is 2. The second-order valence-corrected chi connectivity index (χ2v) is 17.4. The van der Waals surface area contributed by atoms with Gasteiger partial charge in [-0.1, -0.05) is 135 Å². The molecule has 0 saturated heterocycles. The van der Waals surface area contributed by atoms with Crippen molar-refractivity contribution >= 4 is 67.2 Å². The van der Waals surface area contributed by atoms with Crippen LogP contribution in [0, 0.1) is 5.92 Å². The number of fused-ring (bicyclic) bond motifs is 12. The van der Waals surface area contributed by atoms with Crippen molar-refractivity contribution in [1.82, 2.24) is 0 Å². The van der Waals surface area contributed by atoms with Crippen LogP contribution in [0.4, 0.5) is 0 Å². The van der Waals surface area contributed by atoms with Crippen LogP contribution in [0.2, 0.25) is 0 Å². The highest BCUT2D eigenvalue weighted by molar-refractivity contribution is 6.15. The lowest BCUT2D eigenvalue weighted by Crippen LogP contribution is -2.38. The lowest BCUT2D eigenvalue weighted by molar-refractivity contribution is 0.656. The lowest BCUT2D eigenvalue weighted by Gasteiger charge is -2.32. The van der Waals surface area contributed by atoms with E-state index in [9.17, 15) is 0 Å². The van der Waals surface area contributed by atoms with Crippen molar-refractivity contribution in [2.24, 2.45) is 5.92 Å². The molecule has 2 heteroatoms. The maximum Gasteiger partial charge on any atom is 0.139 e. The molecule has 0 amide bonds. The van der Waals surface area contributed by atoms with Crippen LogP contribution in [0.15, 0.2) is 166 Å². The molecule has 13 rings (SSSR count). The average molecular weight is 757 g/mol. The summed E-state index contributed by atoms with van der Waals surface area (Å²) >= 11 is 0. The highest BCUT2D eigenvalue weighted by Gasteiger charge is 2.37. The Hall–Kier alpha value is -6.90. The van der Waals surface area contributed by atoms with Gasteiger partial charge in [-0.2, -0.15) is 0 Å². The van der Waals surface area contributed by atoms with Gasteiger partial charge in [0.25, 0.3) is 0 Å². The van der Waals surface area contributed by atoms with Gasteiger partial charge in [-0.15, -0.1) is 0 Å². The Balaban J connectivity index is 1.11. The molecule has 0 fully saturated rings. The Labute approximate surface area is 341 Å². The molecule has 0 saturated carbocycles. The highest BCUT2D eigenvalue weighted by atomic mass is 16.3. The number of para-hydroxylation sites is 1. The molecule has 2 aromatic heterocycles. The zero-order valence-corrected chi connectivity index (χ0v) is 33.1. The number of hydrogen-bond acceptors (Lipinski definition) is 2. The van der Waals surface area contributed by atoms with Gasteiger partial charge in [-0.25, -0.2) is 0 Å². The van der Waals surface area contributed by atoms with Crippen molar-refractivity contribution in [2.45, 2.75) is 38.5 Å². The molecule has 0 radical (unpaired) electrons. The van der Waals surface area contributed by atoms with Crippen molar-refractivity contribution in [1.29, 1.82) is 0 Å². The summed E-state index contributed by atoms with van der Waals surface area (Å²) in [6.07, 6.45) is 15.0. The van der Waals surface area contributed by atoms with Crippen molar-refractivity contribution in [2.75, 3.05) is 0 Å². The fourth-order valence-electron chi connectivity index (χ4n) is 11.1. The molecule has 0 N–H and O–H groups in total. The first-order valence-electron chi connectivity index (χ1n) is 21.1. The van der Waals surface area contributed by atoms with E-state index in [1.54, 1.807) is 0 Å². The normalized spacial score (nSPS) is 17.3. The molecule has 280 valence electrons. The first-order valence-corrected chi connectivity index (χ1v) is 21.1. The van der Waals surface area contributed by atoms with Crippen molar-refractivity contribution in [3.05, 3.63) is 200 Å². The standard InChI is InChI=1S/C57H40O2/c1-57(2)49-20-9-7-15-39(49)40-25-23-36(30-50(40)57)56-43-18-6-5-17-42(43)55(44-26-22-34(28-48(44)56)38-19-11-13-33-12-3-4-14-37(33)38)35-24-27-52-45(29-35)47-31-46-41-16-8-10-21-51(41)58-53(46)32-54(47)59-52/h5-16,18-32,42H,3-4,17H2,1-2H3. The Kier molecular flexibility index (Phi) is 6.77. The van der Waals surface area contributed by atoms with Crippen molar-refractivity contribution in [3.63, 3.8) is 0 Å². The van der Waals surface area contributed by atoms with E-state index in [0.29, 0.717) is 0 Å². The molecule has 1 unspecified atom stereocenters. The molecule has 0 bridgehead atoms. The summed E-state index contributed by atoms with van der Waals surface area (Å²) in [6.45, 7) is 4.77. The van der Waals surface area contributed by atoms with Crippen LogP contribution in [0.5, 0.6) is 0 Å². The smallest absolute Gasteiger partial charge is 0.139 e. The third-order valence-corrected chi connectivity index (χ3v) is 13.9. The molecule has 4 aliphatic rings. The summed E-state index contributed by atoms with van der Waals surface area (Å²) < 4.78 is 12.8. The van der Waals surface area contributed by atoms with Gasteiger partial charge in [0, 0.05) is 38.9 Å². The number of hydrogen-bond donors (Lipinski definition) is 0. The third kappa shape index (κ3) is 4.69. The van der Waals surface area contributed by atoms with Gasteiger partial charge in [0.1, 0.15) is 22.3 Å². The molecule has 2 nitrogen and oxygen atoms in total. The number of benzene rings is 7. The van der Waals surface area contributed by atoms with Gasteiger partial charge < -0.3 is 8.83 Å². The van der Waals surface area contributed by atoms with Gasteiger partial charge in [-0.05, 0) is 138 Å². The van der Waals surface area contributed by atoms with Crippen LogP contribution in [0.1, 0.15) is 55.4 Å². The molecule has 59 heavy (non-hydrogen) atoms. The van der Waals surface area contributed by atoms with E-state index in [2.05, 4.69) is 166 Å². The molecular weight excluding hydrogens is 717 g/mol. The van der Waals surface area contributed by atoms with E-state index in [1.807, 2.05) is 12.1 Å². The first-order chi connectivity index (χ1) is 29.0. The highest BCUT2D eigenvalue weighted by Crippen LogP contribution is 2.50. The van der Waals surface area contributed by atoms with E-state index in [1.165, 1.54) is 82.1 Å². The van der Waals surface area contributed by atoms with E-state index in [0.717, 1.165) is 63.1 Å². The van der Waals surface area contributed by atoms with E-state index in [-0.39, 0.29) is 11.3 Å². The van der Waals surface area contributed by atoms with E-state index in [4.69, 9.17) is 8.83 Å². The second kappa shape index (κ2) is 12.1. The fraction of sp³-hybridized carbons (Fsp3) is 0.123. The van der Waals surface area contributed by atoms with Crippen molar-refractivity contribution < 1.29 is 8.83 Å². The molecule has 2 heterocycles. The van der Waals surface area contributed by atoms with Crippen LogP contribution in [0.3, 0.4) is 0 Å². The summed E-state index contributed by atoms with van der Waals surface area (Å²) in [5.41, 5.74) is 18.1. The minimum Gasteiger partial charge on any atom is -0.456 e. The Morgan fingerprint density at radius 3 is 2.20 bits per heavy atom. The largest absolute Gasteiger partial charge is 0.456 e. The van der Waals surface area contributed by atoms with Crippen LogP contribution in [0.25, 0.3) is 89.4 Å². The Bertz CT molecular complexity index is 3670. The quantitative estimate of drug-likeness (QED) is 0.179. The fourth-order valence-corrected chi connectivity index (χ4v) is 11.1. The van der Waals surface area contributed by atoms with Gasteiger partial charge in [0.2, 0.25) is 0 Å². The van der Waals surface area contributed by atoms with Gasteiger partial charge in [0.15, 0.2) is 0 Å². The molecular formula is C57H40O2. The van der Waals surface area contributed by atoms with Gasteiger partial charge in [0.05, 0.1) is 0 Å². The lowest BCUT2D eigenvalue weighted by atomic mass is 9.71. The van der Waals surface area contributed by atoms with E-state index < -0.39 is 0 Å². The van der Waals surface area contributed by atoms with Crippen LogP contribution >= 0.6 is 0 Å². The van der Waals surface area contributed by atoms with Crippen molar-refractivity contribution in [3.8, 4) is 22.3 Å². The SMILES string of the molecule is CC1(C)c2ccccc2-c2ccc(C3=c4cc(-c5cccc6c5=CCCC=6)ccc4=C(c4ccc5oc6cc7oc8ccccc8c7cc6c5c4)C4CC=CC=C34)cc21. The molecule has 9 aromatic rings. The average Bonchev–Trinajstić information content (AvgIpc) is 3.90. The molecule has 0 spiro atoms. The third-order valence-electron chi connectivity index (χ3n) is 13.9. The first kappa shape index (κ1) is 33.1. The minimum atomic E-state index is -0.0914. The summed E-state index contributed by atoms with van der Waals surface area (Å²) in [6, 6.07) is 49.8. The Morgan fingerprint density at radius 2 is 1.27 bits per heavy atom. The molecule has 1 atom stereocenters. The maximum absolute atomic E-state index is 6.54. The summed E-state index contributed by atoms with van der Waals surface area (Å²) in [5.74, 6) is 0.194. The summed E-state index contributed by atoms with van der Waals surface area (Å²) in [5, 5.41) is 9.78. The number of allylic oxidation sites excluding steroid dienone is 4. The number of rotatable bonds is 3. The Morgan fingerprint density at radius 1 is 0.525 bits per heavy atom. The predicted molar refractivity (Wildman–Crippen MR) is 244 cm³/mol. The summed E-state index contributed by atoms with van der Waals surface area (Å²) in [4.78, 5) is 0. The van der Waals surface area contributed by atoms with Crippen LogP contribution in [-0.4, -0.2) is 0 Å². The topological polar surface area (TPSA) is 26.3 Å². The zero-order chi connectivity index (χ0) is 39.0. The molecule has 7 aromatic carbocycles. The van der Waals surface area contributed by atoms with Crippen LogP contribution < -0.4 is 20.9 Å². The van der Waals surface area contributed by atoms with Gasteiger partial charge >= 0.3 is 0 Å². The minimum absolute atomic E-state index is 0.0914. The second-order valence-electron chi connectivity index (χ2n) is 17.4. The maximum atomic E-state index is 6.54. The van der Waals surface area contributed by atoms with Crippen LogP contribution in [-0.2, 0) is 5.41 Å². The van der Waals surface area contributed by atoms with Gasteiger partial charge in [-0.3, -0.25) is 0 Å². The monoisotopic (exact) mass is 756 g/mol. The van der Waals surface area contributed by atoms with E-state index >= 15 is 0 Å². The molecule has 0 aliphatic heterocycles.